The Labute approximate surface area is 103 Å². The van der Waals surface area contributed by atoms with Gasteiger partial charge in [-0.2, -0.15) is 5.26 Å². The average molecular weight is 239 g/mol. The van der Waals surface area contributed by atoms with Crippen LogP contribution in [0.3, 0.4) is 0 Å². The molecule has 96 valence electrons. The van der Waals surface area contributed by atoms with Crippen molar-refractivity contribution in [1.82, 2.24) is 9.80 Å². The molecule has 0 aromatic heterocycles. The van der Waals surface area contributed by atoms with Crippen LogP contribution in [0.4, 0.5) is 0 Å². The molecule has 1 rings (SSSR count). The van der Waals surface area contributed by atoms with E-state index in [0.29, 0.717) is 32.5 Å². The third kappa shape index (κ3) is 4.72. The van der Waals surface area contributed by atoms with E-state index < -0.39 is 5.60 Å². The SMILES string of the molecule is CN(CCC#N)C(=O)CCN1CCC(C)(O)C1. The number of nitriles is 1. The van der Waals surface area contributed by atoms with Crippen LogP contribution in [0.5, 0.6) is 0 Å². The second kappa shape index (κ2) is 5.99. The fourth-order valence-corrected chi connectivity index (χ4v) is 2.02. The minimum atomic E-state index is -0.601. The number of hydrogen-bond acceptors (Lipinski definition) is 4. The lowest BCUT2D eigenvalue weighted by Gasteiger charge is -2.20. The molecule has 1 atom stereocenters. The summed E-state index contributed by atoms with van der Waals surface area (Å²) in [6.07, 6.45) is 1.60. The second-order valence-corrected chi connectivity index (χ2v) is 5.00. The van der Waals surface area contributed by atoms with E-state index in [1.807, 2.05) is 13.0 Å². The summed E-state index contributed by atoms with van der Waals surface area (Å²) in [7, 11) is 1.72. The number of amides is 1. The van der Waals surface area contributed by atoms with Crippen LogP contribution in [0.1, 0.15) is 26.2 Å². The van der Waals surface area contributed by atoms with Gasteiger partial charge in [-0.3, -0.25) is 9.69 Å². The van der Waals surface area contributed by atoms with Crippen molar-refractivity contribution >= 4 is 5.91 Å². The first kappa shape index (κ1) is 13.9. The summed E-state index contributed by atoms with van der Waals surface area (Å²) in [6, 6.07) is 2.02. The van der Waals surface area contributed by atoms with Crippen LogP contribution >= 0.6 is 0 Å². The van der Waals surface area contributed by atoms with Crippen molar-refractivity contribution < 1.29 is 9.90 Å². The Kier molecular flexibility index (Phi) is 4.91. The number of likely N-dealkylation sites (tertiary alicyclic amines) is 1. The molecule has 0 spiro atoms. The van der Waals surface area contributed by atoms with Crippen LogP contribution in [0, 0.1) is 11.3 Å². The van der Waals surface area contributed by atoms with Crippen LogP contribution in [-0.4, -0.2) is 59.6 Å². The standard InChI is InChI=1S/C12H21N3O2/c1-12(17)5-9-15(10-12)8-4-11(16)14(2)7-3-6-13/h17H,3-5,7-10H2,1-2H3. The van der Waals surface area contributed by atoms with E-state index in [1.165, 1.54) is 0 Å². The van der Waals surface area contributed by atoms with Gasteiger partial charge in [-0.15, -0.1) is 0 Å². The van der Waals surface area contributed by atoms with Crippen molar-refractivity contribution in [3.05, 3.63) is 0 Å². The Morgan fingerprint density at radius 3 is 2.88 bits per heavy atom. The first-order chi connectivity index (χ1) is 7.94. The van der Waals surface area contributed by atoms with Gasteiger partial charge in [0.15, 0.2) is 0 Å². The van der Waals surface area contributed by atoms with E-state index in [0.717, 1.165) is 13.0 Å². The molecule has 1 aliphatic heterocycles. The van der Waals surface area contributed by atoms with Gasteiger partial charge in [0, 0.05) is 39.6 Å². The molecule has 0 aromatic rings. The second-order valence-electron chi connectivity index (χ2n) is 5.00. The van der Waals surface area contributed by atoms with Gasteiger partial charge in [0.25, 0.3) is 0 Å². The zero-order chi connectivity index (χ0) is 12.9. The highest BCUT2D eigenvalue weighted by Gasteiger charge is 2.31. The molecule has 5 nitrogen and oxygen atoms in total. The molecule has 1 unspecified atom stereocenters. The summed E-state index contributed by atoms with van der Waals surface area (Å²) in [5.41, 5.74) is -0.601. The van der Waals surface area contributed by atoms with E-state index in [4.69, 9.17) is 5.26 Å². The van der Waals surface area contributed by atoms with Crippen LogP contribution in [0.15, 0.2) is 0 Å². The number of rotatable bonds is 5. The third-order valence-electron chi connectivity index (χ3n) is 3.16. The minimum absolute atomic E-state index is 0.0618. The predicted molar refractivity (Wildman–Crippen MR) is 64.2 cm³/mol. The Bertz CT molecular complexity index is 309. The highest BCUT2D eigenvalue weighted by atomic mass is 16.3. The molecule has 0 radical (unpaired) electrons. The van der Waals surface area contributed by atoms with Crippen LogP contribution in [-0.2, 0) is 4.79 Å². The molecule has 17 heavy (non-hydrogen) atoms. The highest BCUT2D eigenvalue weighted by molar-refractivity contribution is 5.76. The third-order valence-corrected chi connectivity index (χ3v) is 3.16. The zero-order valence-corrected chi connectivity index (χ0v) is 10.6. The topological polar surface area (TPSA) is 67.6 Å². The quantitative estimate of drug-likeness (QED) is 0.744. The maximum Gasteiger partial charge on any atom is 0.223 e. The van der Waals surface area contributed by atoms with E-state index in [-0.39, 0.29) is 5.91 Å². The van der Waals surface area contributed by atoms with E-state index >= 15 is 0 Å². The predicted octanol–water partition coefficient (Wildman–Crippen LogP) is 0.205. The maximum atomic E-state index is 11.7. The summed E-state index contributed by atoms with van der Waals surface area (Å²) in [4.78, 5) is 15.4. The molecule has 0 aromatic carbocycles. The zero-order valence-electron chi connectivity index (χ0n) is 10.6. The van der Waals surface area contributed by atoms with Gasteiger partial charge in [-0.25, -0.2) is 0 Å². The first-order valence-corrected chi connectivity index (χ1v) is 6.00. The summed E-state index contributed by atoms with van der Waals surface area (Å²) >= 11 is 0. The minimum Gasteiger partial charge on any atom is -0.389 e. The molecule has 0 saturated carbocycles. The Morgan fingerprint density at radius 2 is 2.35 bits per heavy atom. The van der Waals surface area contributed by atoms with Gasteiger partial charge < -0.3 is 10.0 Å². The van der Waals surface area contributed by atoms with Crippen molar-refractivity contribution in [2.75, 3.05) is 33.2 Å². The maximum absolute atomic E-state index is 11.7. The first-order valence-electron chi connectivity index (χ1n) is 6.00. The largest absolute Gasteiger partial charge is 0.389 e. The van der Waals surface area contributed by atoms with E-state index in [2.05, 4.69) is 4.90 Å². The van der Waals surface area contributed by atoms with Gasteiger partial charge >= 0.3 is 0 Å². The van der Waals surface area contributed by atoms with Crippen LogP contribution < -0.4 is 0 Å². The van der Waals surface area contributed by atoms with Gasteiger partial charge in [0.1, 0.15) is 0 Å². The molecule has 1 amide bonds. The number of carbonyl (C=O) groups is 1. The van der Waals surface area contributed by atoms with Crippen molar-refractivity contribution in [1.29, 1.82) is 5.26 Å². The van der Waals surface area contributed by atoms with E-state index in [1.54, 1.807) is 11.9 Å². The Morgan fingerprint density at radius 1 is 1.65 bits per heavy atom. The Balaban J connectivity index is 2.23. The van der Waals surface area contributed by atoms with Crippen molar-refractivity contribution in [3.8, 4) is 6.07 Å². The molecule has 5 heteroatoms. The fraction of sp³-hybridized carbons (Fsp3) is 0.833. The van der Waals surface area contributed by atoms with Gasteiger partial charge in [-0.05, 0) is 13.3 Å². The summed E-state index contributed by atoms with van der Waals surface area (Å²) < 4.78 is 0. The summed E-state index contributed by atoms with van der Waals surface area (Å²) in [5.74, 6) is 0.0618. The Hall–Kier alpha value is -1.12. The molecular weight excluding hydrogens is 218 g/mol. The summed E-state index contributed by atoms with van der Waals surface area (Å²) in [5, 5.41) is 18.2. The molecule has 1 aliphatic rings. The van der Waals surface area contributed by atoms with Crippen LogP contribution in [0.2, 0.25) is 0 Å². The van der Waals surface area contributed by atoms with Gasteiger partial charge in [0.05, 0.1) is 18.1 Å². The lowest BCUT2D eigenvalue weighted by atomic mass is 10.1. The monoisotopic (exact) mass is 239 g/mol. The van der Waals surface area contributed by atoms with Crippen molar-refractivity contribution in [2.24, 2.45) is 0 Å². The molecule has 1 N–H and O–H groups in total. The lowest BCUT2D eigenvalue weighted by Crippen LogP contribution is -2.34. The number of aliphatic hydroxyl groups is 1. The number of β-amino-alcohol motifs (C(OH)–C–C–N with tert-alkyl or cyclic N) is 1. The van der Waals surface area contributed by atoms with Crippen molar-refractivity contribution in [2.45, 2.75) is 31.8 Å². The molecule has 0 bridgehead atoms. The molecule has 1 heterocycles. The number of carbonyl (C=O) groups excluding carboxylic acids is 1. The highest BCUT2D eigenvalue weighted by Crippen LogP contribution is 2.20. The number of hydrogen-bond donors (Lipinski definition) is 1. The molecule has 0 aliphatic carbocycles. The van der Waals surface area contributed by atoms with Crippen LogP contribution in [0.25, 0.3) is 0 Å². The normalized spacial score (nSPS) is 24.6. The molecule has 1 fully saturated rings. The van der Waals surface area contributed by atoms with E-state index in [9.17, 15) is 9.90 Å². The lowest BCUT2D eigenvalue weighted by molar-refractivity contribution is -0.130. The van der Waals surface area contributed by atoms with Crippen molar-refractivity contribution in [3.63, 3.8) is 0 Å². The van der Waals surface area contributed by atoms with Gasteiger partial charge in [-0.1, -0.05) is 0 Å². The molecule has 1 saturated heterocycles. The van der Waals surface area contributed by atoms with Gasteiger partial charge in [0.2, 0.25) is 5.91 Å². The fourth-order valence-electron chi connectivity index (χ4n) is 2.02. The average Bonchev–Trinajstić information content (AvgIpc) is 2.62. The summed E-state index contributed by atoms with van der Waals surface area (Å²) in [6.45, 7) is 4.50. The number of nitrogens with zero attached hydrogens (tertiary/aromatic N) is 3. The molecular formula is C12H21N3O2. The smallest absolute Gasteiger partial charge is 0.223 e.